The maximum absolute atomic E-state index is 5.71. The summed E-state index contributed by atoms with van der Waals surface area (Å²) in [4.78, 5) is 0. The number of hydrogen-bond donors (Lipinski definition) is 1. The molecule has 1 aliphatic rings. The summed E-state index contributed by atoms with van der Waals surface area (Å²) in [5.41, 5.74) is 1.44. The normalized spacial score (nSPS) is 16.4. The molecule has 0 radical (unpaired) electrons. The summed E-state index contributed by atoms with van der Waals surface area (Å²) in [5, 5.41) is 3.50. The average Bonchev–Trinajstić information content (AvgIpc) is 2.93. The topological polar surface area (TPSA) is 26.2 Å². The SMILES string of the molecule is CC(C)(C)NCc1cccn1COCC1CC1. The smallest absolute Gasteiger partial charge is 0.122 e. The molecular weight excluding hydrogens is 212 g/mol. The zero-order chi connectivity index (χ0) is 12.3. The lowest BCUT2D eigenvalue weighted by atomic mass is 10.1. The quantitative estimate of drug-likeness (QED) is 0.822. The van der Waals surface area contributed by atoms with E-state index in [0.717, 1.165) is 19.1 Å². The van der Waals surface area contributed by atoms with Crippen LogP contribution in [-0.2, 0) is 18.0 Å². The van der Waals surface area contributed by atoms with Gasteiger partial charge in [-0.2, -0.15) is 0 Å². The predicted molar refractivity (Wildman–Crippen MR) is 69.7 cm³/mol. The molecule has 1 N–H and O–H groups in total. The first kappa shape index (κ1) is 12.7. The van der Waals surface area contributed by atoms with Crippen LogP contribution >= 0.6 is 0 Å². The van der Waals surface area contributed by atoms with Crippen LogP contribution in [0.15, 0.2) is 18.3 Å². The minimum atomic E-state index is 0.157. The molecule has 3 nitrogen and oxygen atoms in total. The van der Waals surface area contributed by atoms with Crippen LogP contribution in [0.5, 0.6) is 0 Å². The van der Waals surface area contributed by atoms with Gasteiger partial charge in [-0.25, -0.2) is 0 Å². The number of ether oxygens (including phenoxy) is 1. The molecule has 1 aromatic rings. The molecule has 0 saturated heterocycles. The van der Waals surface area contributed by atoms with E-state index in [1.54, 1.807) is 0 Å². The monoisotopic (exact) mass is 236 g/mol. The lowest BCUT2D eigenvalue weighted by Crippen LogP contribution is -2.35. The Morgan fingerprint density at radius 2 is 2.18 bits per heavy atom. The predicted octanol–water partition coefficient (Wildman–Crippen LogP) is 2.76. The summed E-state index contributed by atoms with van der Waals surface area (Å²) in [5.74, 6) is 0.835. The van der Waals surface area contributed by atoms with E-state index in [1.165, 1.54) is 18.5 Å². The number of rotatable bonds is 6. The van der Waals surface area contributed by atoms with Crippen LogP contribution in [0.1, 0.15) is 39.3 Å². The molecular formula is C14H24N2O. The summed E-state index contributed by atoms with van der Waals surface area (Å²) in [7, 11) is 0. The van der Waals surface area contributed by atoms with E-state index in [4.69, 9.17) is 4.74 Å². The van der Waals surface area contributed by atoms with Gasteiger partial charge in [0.05, 0.1) is 6.61 Å². The Balaban J connectivity index is 1.78. The van der Waals surface area contributed by atoms with Gasteiger partial charge in [0.1, 0.15) is 6.73 Å². The lowest BCUT2D eigenvalue weighted by Gasteiger charge is -2.21. The first-order valence-electron chi connectivity index (χ1n) is 6.51. The van der Waals surface area contributed by atoms with Gasteiger partial charge in [-0.05, 0) is 51.7 Å². The molecule has 0 amide bonds. The summed E-state index contributed by atoms with van der Waals surface area (Å²) >= 11 is 0. The number of hydrogen-bond acceptors (Lipinski definition) is 2. The van der Waals surface area contributed by atoms with Crippen molar-refractivity contribution in [1.29, 1.82) is 0 Å². The second kappa shape index (κ2) is 5.23. The zero-order valence-electron chi connectivity index (χ0n) is 11.2. The largest absolute Gasteiger partial charge is 0.361 e. The minimum absolute atomic E-state index is 0.157. The van der Waals surface area contributed by atoms with Crippen molar-refractivity contribution in [3.8, 4) is 0 Å². The van der Waals surface area contributed by atoms with Crippen molar-refractivity contribution in [2.45, 2.75) is 52.4 Å². The van der Waals surface area contributed by atoms with Crippen LogP contribution < -0.4 is 5.32 Å². The Bertz CT molecular complexity index is 347. The number of aromatic nitrogens is 1. The molecule has 2 rings (SSSR count). The molecule has 0 bridgehead atoms. The van der Waals surface area contributed by atoms with Gasteiger partial charge in [0.2, 0.25) is 0 Å². The highest BCUT2D eigenvalue weighted by Crippen LogP contribution is 2.28. The molecule has 1 aromatic heterocycles. The van der Waals surface area contributed by atoms with E-state index in [1.807, 2.05) is 0 Å². The fraction of sp³-hybridized carbons (Fsp3) is 0.714. The summed E-state index contributed by atoms with van der Waals surface area (Å²) < 4.78 is 7.89. The van der Waals surface area contributed by atoms with Crippen molar-refractivity contribution < 1.29 is 4.74 Å². The fourth-order valence-electron chi connectivity index (χ4n) is 1.69. The van der Waals surface area contributed by atoms with Crippen molar-refractivity contribution in [3.05, 3.63) is 24.0 Å². The van der Waals surface area contributed by atoms with Gasteiger partial charge >= 0.3 is 0 Å². The van der Waals surface area contributed by atoms with Crippen LogP contribution in [0, 0.1) is 5.92 Å². The third kappa shape index (κ3) is 4.52. The van der Waals surface area contributed by atoms with E-state index < -0.39 is 0 Å². The lowest BCUT2D eigenvalue weighted by molar-refractivity contribution is 0.0672. The molecule has 0 spiro atoms. The van der Waals surface area contributed by atoms with Crippen molar-refractivity contribution in [2.75, 3.05) is 6.61 Å². The van der Waals surface area contributed by atoms with Crippen LogP contribution in [0.2, 0.25) is 0 Å². The van der Waals surface area contributed by atoms with Crippen LogP contribution in [-0.4, -0.2) is 16.7 Å². The highest BCUT2D eigenvalue weighted by molar-refractivity contribution is 5.07. The molecule has 1 saturated carbocycles. The van der Waals surface area contributed by atoms with E-state index in [0.29, 0.717) is 6.73 Å². The third-order valence-electron chi connectivity index (χ3n) is 3.00. The number of nitrogens with zero attached hydrogens (tertiary/aromatic N) is 1. The van der Waals surface area contributed by atoms with Gasteiger partial charge in [0, 0.05) is 24.0 Å². The zero-order valence-corrected chi connectivity index (χ0v) is 11.2. The maximum Gasteiger partial charge on any atom is 0.122 e. The second-order valence-electron chi connectivity index (χ2n) is 6.02. The molecule has 1 heterocycles. The summed E-state index contributed by atoms with van der Waals surface area (Å²) in [6.45, 7) is 9.05. The van der Waals surface area contributed by atoms with Crippen LogP contribution in [0.25, 0.3) is 0 Å². The first-order chi connectivity index (χ1) is 8.04. The number of nitrogens with one attached hydrogen (secondary N) is 1. The van der Waals surface area contributed by atoms with E-state index in [-0.39, 0.29) is 5.54 Å². The molecule has 1 aliphatic carbocycles. The summed E-state index contributed by atoms with van der Waals surface area (Å²) in [6, 6.07) is 4.24. The van der Waals surface area contributed by atoms with Gasteiger partial charge in [-0.1, -0.05) is 0 Å². The Labute approximate surface area is 104 Å². The van der Waals surface area contributed by atoms with E-state index in [2.05, 4.69) is 49.0 Å². The maximum atomic E-state index is 5.71. The van der Waals surface area contributed by atoms with Gasteiger partial charge in [0.25, 0.3) is 0 Å². The van der Waals surface area contributed by atoms with Crippen LogP contribution in [0.3, 0.4) is 0 Å². The fourth-order valence-corrected chi connectivity index (χ4v) is 1.69. The summed E-state index contributed by atoms with van der Waals surface area (Å²) in [6.07, 6.45) is 4.79. The van der Waals surface area contributed by atoms with Crippen molar-refractivity contribution in [3.63, 3.8) is 0 Å². The average molecular weight is 236 g/mol. The Kier molecular flexibility index (Phi) is 3.89. The van der Waals surface area contributed by atoms with Gasteiger partial charge in [-0.3, -0.25) is 0 Å². The van der Waals surface area contributed by atoms with Crippen molar-refractivity contribution in [2.24, 2.45) is 5.92 Å². The van der Waals surface area contributed by atoms with E-state index >= 15 is 0 Å². The van der Waals surface area contributed by atoms with Crippen LogP contribution in [0.4, 0.5) is 0 Å². The van der Waals surface area contributed by atoms with Gasteiger partial charge in [-0.15, -0.1) is 0 Å². The molecule has 17 heavy (non-hydrogen) atoms. The molecule has 96 valence electrons. The van der Waals surface area contributed by atoms with Gasteiger partial charge in [0.15, 0.2) is 0 Å². The molecule has 3 heteroatoms. The highest BCUT2D eigenvalue weighted by atomic mass is 16.5. The molecule has 0 aliphatic heterocycles. The molecule has 0 atom stereocenters. The first-order valence-corrected chi connectivity index (χ1v) is 6.51. The minimum Gasteiger partial charge on any atom is -0.361 e. The third-order valence-corrected chi connectivity index (χ3v) is 3.00. The second-order valence-corrected chi connectivity index (χ2v) is 6.02. The highest BCUT2D eigenvalue weighted by Gasteiger charge is 2.21. The molecule has 0 unspecified atom stereocenters. The molecule has 1 fully saturated rings. The Morgan fingerprint density at radius 3 is 2.82 bits per heavy atom. The Hall–Kier alpha value is -0.800. The van der Waals surface area contributed by atoms with E-state index in [9.17, 15) is 0 Å². The van der Waals surface area contributed by atoms with Gasteiger partial charge < -0.3 is 14.6 Å². The molecule has 0 aromatic carbocycles. The van der Waals surface area contributed by atoms with Crippen molar-refractivity contribution in [1.82, 2.24) is 9.88 Å². The standard InChI is InChI=1S/C14H24N2O/c1-14(2,3)15-9-13-5-4-8-16(13)11-17-10-12-6-7-12/h4-5,8,12,15H,6-7,9-11H2,1-3H3. The van der Waals surface area contributed by atoms with Crippen molar-refractivity contribution >= 4 is 0 Å². The Morgan fingerprint density at radius 1 is 1.41 bits per heavy atom.